The van der Waals surface area contributed by atoms with E-state index < -0.39 is 0 Å². The minimum absolute atomic E-state index is 0.191. The van der Waals surface area contributed by atoms with Crippen LogP contribution in [0.1, 0.15) is 69.9 Å². The monoisotopic (exact) mass is 290 g/mol. The Hall–Kier alpha value is -1.42. The van der Waals surface area contributed by atoms with Crippen LogP contribution in [0.5, 0.6) is 0 Å². The minimum Gasteiger partial charge on any atom is -0.307 e. The summed E-state index contributed by atoms with van der Waals surface area (Å²) in [5.74, 6) is 0. The van der Waals surface area contributed by atoms with Gasteiger partial charge in [0.2, 0.25) is 0 Å². The molecule has 1 saturated carbocycles. The number of nitrogens with zero attached hydrogens (tertiary/aromatic N) is 1. The first-order valence-corrected chi connectivity index (χ1v) is 8.21. The highest BCUT2D eigenvalue weighted by Gasteiger charge is 2.19. The lowest BCUT2D eigenvalue weighted by atomic mass is 9.99. The molecule has 1 fully saturated rings. The zero-order valence-electron chi connectivity index (χ0n) is 12.9. The normalized spacial score (nSPS) is 18.1. The zero-order valence-corrected chi connectivity index (χ0v) is 12.9. The molecule has 1 N–H and O–H groups in total. The molecule has 0 amide bonds. The fraction of sp³-hybridized carbons (Fsp3) is 0.647. The minimum atomic E-state index is -0.307. The SMILES string of the molecule is CCCC(NC1CCCCCC1)c1cccc([N+](=O)[O-])c1. The molecule has 1 aliphatic carbocycles. The maximum absolute atomic E-state index is 11.0. The van der Waals surface area contributed by atoms with Crippen LogP contribution in [0.3, 0.4) is 0 Å². The topological polar surface area (TPSA) is 55.2 Å². The van der Waals surface area contributed by atoms with Crippen molar-refractivity contribution >= 4 is 5.69 Å². The molecule has 0 saturated heterocycles. The Morgan fingerprint density at radius 3 is 2.62 bits per heavy atom. The number of nitro groups is 1. The molecule has 0 radical (unpaired) electrons. The summed E-state index contributed by atoms with van der Waals surface area (Å²) in [5.41, 5.74) is 1.24. The van der Waals surface area contributed by atoms with E-state index in [0.717, 1.165) is 18.4 Å². The summed E-state index contributed by atoms with van der Waals surface area (Å²) in [7, 11) is 0. The van der Waals surface area contributed by atoms with Gasteiger partial charge in [-0.3, -0.25) is 10.1 Å². The first-order chi connectivity index (χ1) is 10.2. The molecule has 0 heterocycles. The number of nitro benzene ring substituents is 1. The summed E-state index contributed by atoms with van der Waals surface area (Å²) < 4.78 is 0. The Balaban J connectivity index is 2.09. The van der Waals surface area contributed by atoms with E-state index in [0.29, 0.717) is 6.04 Å². The third kappa shape index (κ3) is 4.81. The quantitative estimate of drug-likeness (QED) is 0.467. The smallest absolute Gasteiger partial charge is 0.269 e. The van der Waals surface area contributed by atoms with Gasteiger partial charge in [0.25, 0.3) is 5.69 Å². The van der Waals surface area contributed by atoms with Crippen molar-refractivity contribution in [1.29, 1.82) is 0 Å². The van der Waals surface area contributed by atoms with E-state index in [4.69, 9.17) is 0 Å². The Morgan fingerprint density at radius 1 is 1.29 bits per heavy atom. The van der Waals surface area contributed by atoms with Crippen LogP contribution < -0.4 is 5.32 Å². The van der Waals surface area contributed by atoms with E-state index in [1.807, 2.05) is 6.07 Å². The van der Waals surface area contributed by atoms with E-state index in [1.54, 1.807) is 18.2 Å². The number of non-ortho nitro benzene ring substituents is 1. The van der Waals surface area contributed by atoms with Gasteiger partial charge in [-0.2, -0.15) is 0 Å². The third-order valence-corrected chi connectivity index (χ3v) is 4.35. The lowest BCUT2D eigenvalue weighted by molar-refractivity contribution is -0.384. The van der Waals surface area contributed by atoms with Gasteiger partial charge in [-0.25, -0.2) is 0 Å². The third-order valence-electron chi connectivity index (χ3n) is 4.35. The van der Waals surface area contributed by atoms with Crippen molar-refractivity contribution in [2.45, 2.75) is 70.4 Å². The summed E-state index contributed by atoms with van der Waals surface area (Å²) >= 11 is 0. The van der Waals surface area contributed by atoms with Gasteiger partial charge < -0.3 is 5.32 Å². The molecule has 0 bridgehead atoms. The highest BCUT2D eigenvalue weighted by molar-refractivity contribution is 5.35. The Morgan fingerprint density at radius 2 is 2.00 bits per heavy atom. The van der Waals surface area contributed by atoms with E-state index in [9.17, 15) is 10.1 Å². The van der Waals surface area contributed by atoms with Crippen molar-refractivity contribution in [3.05, 3.63) is 39.9 Å². The van der Waals surface area contributed by atoms with Crippen LogP contribution in [0.25, 0.3) is 0 Å². The summed E-state index contributed by atoms with van der Waals surface area (Å²) in [6.45, 7) is 2.17. The van der Waals surface area contributed by atoms with Crippen LogP contribution in [0.4, 0.5) is 5.69 Å². The molecule has 4 nitrogen and oxygen atoms in total. The first kappa shape index (κ1) is 16.0. The fourth-order valence-corrected chi connectivity index (χ4v) is 3.22. The predicted molar refractivity (Wildman–Crippen MR) is 85.4 cm³/mol. The highest BCUT2D eigenvalue weighted by Crippen LogP contribution is 2.26. The molecule has 4 heteroatoms. The van der Waals surface area contributed by atoms with E-state index >= 15 is 0 Å². The van der Waals surface area contributed by atoms with Crippen molar-refractivity contribution in [1.82, 2.24) is 5.32 Å². The van der Waals surface area contributed by atoms with Gasteiger partial charge in [-0.05, 0) is 24.8 Å². The molecule has 1 unspecified atom stereocenters. The van der Waals surface area contributed by atoms with Gasteiger partial charge in [-0.1, -0.05) is 51.2 Å². The van der Waals surface area contributed by atoms with E-state index in [-0.39, 0.29) is 16.7 Å². The molecular weight excluding hydrogens is 264 g/mol. The zero-order chi connectivity index (χ0) is 15.1. The molecule has 2 rings (SSSR count). The Kier molecular flexibility index (Phi) is 6.18. The Bertz CT molecular complexity index is 454. The van der Waals surface area contributed by atoms with Crippen molar-refractivity contribution in [3.8, 4) is 0 Å². The summed E-state index contributed by atoms with van der Waals surface area (Å²) in [4.78, 5) is 10.6. The lowest BCUT2D eigenvalue weighted by Gasteiger charge is -2.25. The largest absolute Gasteiger partial charge is 0.307 e. The van der Waals surface area contributed by atoms with Crippen molar-refractivity contribution in [3.63, 3.8) is 0 Å². The average molecular weight is 290 g/mol. The summed E-state index contributed by atoms with van der Waals surface area (Å²) in [6.07, 6.45) is 9.84. The van der Waals surface area contributed by atoms with Gasteiger partial charge in [0.1, 0.15) is 0 Å². The second-order valence-corrected chi connectivity index (χ2v) is 6.05. The average Bonchev–Trinajstić information content (AvgIpc) is 2.75. The van der Waals surface area contributed by atoms with Crippen LogP contribution in [0.15, 0.2) is 24.3 Å². The fourth-order valence-electron chi connectivity index (χ4n) is 3.22. The van der Waals surface area contributed by atoms with Crippen LogP contribution >= 0.6 is 0 Å². The molecular formula is C17H26N2O2. The number of nitrogens with one attached hydrogen (secondary N) is 1. The van der Waals surface area contributed by atoms with Crippen LogP contribution in [-0.4, -0.2) is 11.0 Å². The van der Waals surface area contributed by atoms with Gasteiger partial charge >= 0.3 is 0 Å². The lowest BCUT2D eigenvalue weighted by Crippen LogP contribution is -2.32. The highest BCUT2D eigenvalue weighted by atomic mass is 16.6. The maximum atomic E-state index is 11.0. The molecule has 21 heavy (non-hydrogen) atoms. The molecule has 1 atom stereocenters. The molecule has 1 aliphatic rings. The predicted octanol–water partition coefficient (Wildman–Crippen LogP) is 4.75. The van der Waals surface area contributed by atoms with E-state index in [2.05, 4.69) is 12.2 Å². The first-order valence-electron chi connectivity index (χ1n) is 8.21. The van der Waals surface area contributed by atoms with Crippen molar-refractivity contribution in [2.24, 2.45) is 0 Å². The molecule has 0 aliphatic heterocycles. The second kappa shape index (κ2) is 8.13. The number of hydrogen-bond acceptors (Lipinski definition) is 3. The number of rotatable bonds is 6. The molecule has 116 valence electrons. The van der Waals surface area contributed by atoms with Crippen molar-refractivity contribution in [2.75, 3.05) is 0 Å². The molecule has 1 aromatic carbocycles. The van der Waals surface area contributed by atoms with Gasteiger partial charge in [0, 0.05) is 24.2 Å². The van der Waals surface area contributed by atoms with Crippen LogP contribution in [0, 0.1) is 10.1 Å². The van der Waals surface area contributed by atoms with Gasteiger partial charge in [-0.15, -0.1) is 0 Å². The second-order valence-electron chi connectivity index (χ2n) is 6.05. The van der Waals surface area contributed by atoms with Crippen molar-refractivity contribution < 1.29 is 4.92 Å². The maximum Gasteiger partial charge on any atom is 0.269 e. The molecule has 0 aromatic heterocycles. The van der Waals surface area contributed by atoms with Gasteiger partial charge in [0.15, 0.2) is 0 Å². The number of benzene rings is 1. The number of hydrogen-bond donors (Lipinski definition) is 1. The Labute approximate surface area is 127 Å². The summed E-state index contributed by atoms with van der Waals surface area (Å²) in [5, 5.41) is 14.7. The molecule has 0 spiro atoms. The van der Waals surface area contributed by atoms with Crippen LogP contribution in [-0.2, 0) is 0 Å². The summed E-state index contributed by atoms with van der Waals surface area (Å²) in [6, 6.07) is 7.89. The van der Waals surface area contributed by atoms with Gasteiger partial charge in [0.05, 0.1) is 4.92 Å². The standard InChI is InChI=1S/C17H26N2O2/c1-2-8-17(18-15-10-5-3-4-6-11-15)14-9-7-12-16(13-14)19(20)21/h7,9,12-13,15,17-18H,2-6,8,10-11H2,1H3. The molecule has 1 aromatic rings. The van der Waals surface area contributed by atoms with Crippen LogP contribution in [0.2, 0.25) is 0 Å². The van der Waals surface area contributed by atoms with E-state index in [1.165, 1.54) is 38.5 Å².